The number of carbonyl (C=O) groups excluding carboxylic acids is 1. The minimum atomic E-state index is -0.762. The van der Waals surface area contributed by atoms with Crippen molar-refractivity contribution in [2.45, 2.75) is 19.8 Å². The Kier molecular flexibility index (Phi) is 4.16. The van der Waals surface area contributed by atoms with Gasteiger partial charge in [0, 0.05) is 23.0 Å². The summed E-state index contributed by atoms with van der Waals surface area (Å²) in [5.41, 5.74) is 6.67. The number of rotatable bonds is 3. The topological polar surface area (TPSA) is 68.0 Å². The molecule has 21 heavy (non-hydrogen) atoms. The standard InChI is InChI=1S/C15H15F2N3O/c1-8(2)13-3-9(4-14(18)20-13)15(21)19-12-6-10(16)5-11(17)7-12/h3-8H,1-2H3,(H2,18,20)(H,19,21). The van der Waals surface area contributed by atoms with E-state index < -0.39 is 17.5 Å². The number of carbonyl (C=O) groups is 1. The molecule has 0 aliphatic heterocycles. The molecule has 0 unspecified atom stereocenters. The number of hydrogen-bond donors (Lipinski definition) is 2. The fraction of sp³-hybridized carbons (Fsp3) is 0.200. The molecule has 0 saturated heterocycles. The van der Waals surface area contributed by atoms with E-state index in [1.54, 1.807) is 6.07 Å². The normalized spacial score (nSPS) is 10.7. The molecule has 0 bridgehead atoms. The van der Waals surface area contributed by atoms with E-state index in [0.717, 1.165) is 18.2 Å². The molecule has 0 atom stereocenters. The molecule has 4 nitrogen and oxygen atoms in total. The average molecular weight is 291 g/mol. The second kappa shape index (κ2) is 5.87. The van der Waals surface area contributed by atoms with Crippen molar-refractivity contribution >= 4 is 17.4 Å². The van der Waals surface area contributed by atoms with Gasteiger partial charge in [0.2, 0.25) is 0 Å². The fourth-order valence-corrected chi connectivity index (χ4v) is 1.83. The van der Waals surface area contributed by atoms with E-state index in [0.29, 0.717) is 5.69 Å². The molecule has 0 saturated carbocycles. The van der Waals surface area contributed by atoms with E-state index in [2.05, 4.69) is 10.3 Å². The molecule has 2 rings (SSSR count). The molecule has 1 amide bonds. The summed E-state index contributed by atoms with van der Waals surface area (Å²) in [6.45, 7) is 3.84. The number of pyridine rings is 1. The van der Waals surface area contributed by atoms with Crippen LogP contribution in [0.3, 0.4) is 0 Å². The molecule has 0 aliphatic carbocycles. The van der Waals surface area contributed by atoms with Gasteiger partial charge in [-0.3, -0.25) is 4.79 Å². The minimum absolute atomic E-state index is 0.0407. The third-order valence-corrected chi connectivity index (χ3v) is 2.84. The number of nitrogens with one attached hydrogen (secondary N) is 1. The van der Waals surface area contributed by atoms with Crippen molar-refractivity contribution in [2.24, 2.45) is 0 Å². The maximum absolute atomic E-state index is 13.1. The molecule has 0 radical (unpaired) electrons. The molecule has 0 fully saturated rings. The summed E-state index contributed by atoms with van der Waals surface area (Å²) < 4.78 is 26.2. The molecule has 0 spiro atoms. The summed E-state index contributed by atoms with van der Waals surface area (Å²) in [6.07, 6.45) is 0. The van der Waals surface area contributed by atoms with Crippen molar-refractivity contribution in [3.63, 3.8) is 0 Å². The Labute approximate surface area is 121 Å². The second-order valence-corrected chi connectivity index (χ2v) is 4.97. The largest absolute Gasteiger partial charge is 0.384 e. The lowest BCUT2D eigenvalue weighted by atomic mass is 10.1. The first-order chi connectivity index (χ1) is 9.85. The van der Waals surface area contributed by atoms with Crippen molar-refractivity contribution in [2.75, 3.05) is 11.1 Å². The van der Waals surface area contributed by atoms with Gasteiger partial charge in [-0.15, -0.1) is 0 Å². The van der Waals surface area contributed by atoms with Crippen molar-refractivity contribution in [3.8, 4) is 0 Å². The van der Waals surface area contributed by atoms with E-state index in [4.69, 9.17) is 5.73 Å². The van der Waals surface area contributed by atoms with E-state index in [-0.39, 0.29) is 23.0 Å². The van der Waals surface area contributed by atoms with Gasteiger partial charge in [0.1, 0.15) is 17.5 Å². The lowest BCUT2D eigenvalue weighted by molar-refractivity contribution is 0.102. The summed E-state index contributed by atoms with van der Waals surface area (Å²) in [7, 11) is 0. The lowest BCUT2D eigenvalue weighted by Crippen LogP contribution is -2.14. The van der Waals surface area contributed by atoms with Gasteiger partial charge in [-0.25, -0.2) is 13.8 Å². The quantitative estimate of drug-likeness (QED) is 0.911. The Morgan fingerprint density at radius 3 is 2.33 bits per heavy atom. The van der Waals surface area contributed by atoms with Gasteiger partial charge in [-0.1, -0.05) is 13.8 Å². The predicted octanol–water partition coefficient (Wildman–Crippen LogP) is 3.32. The number of nitrogen functional groups attached to an aromatic ring is 1. The van der Waals surface area contributed by atoms with E-state index in [1.165, 1.54) is 6.07 Å². The average Bonchev–Trinajstić information content (AvgIpc) is 2.36. The van der Waals surface area contributed by atoms with Crippen LogP contribution in [-0.4, -0.2) is 10.9 Å². The first kappa shape index (κ1) is 14.9. The lowest BCUT2D eigenvalue weighted by Gasteiger charge is -2.10. The maximum atomic E-state index is 13.1. The van der Waals surface area contributed by atoms with Crippen LogP contribution in [0.4, 0.5) is 20.3 Å². The van der Waals surface area contributed by atoms with Crippen molar-refractivity contribution < 1.29 is 13.6 Å². The zero-order valence-corrected chi connectivity index (χ0v) is 11.7. The van der Waals surface area contributed by atoms with Gasteiger partial charge in [0.05, 0.1) is 0 Å². The number of nitrogens with zero attached hydrogens (tertiary/aromatic N) is 1. The van der Waals surface area contributed by atoms with Crippen LogP contribution >= 0.6 is 0 Å². The Bertz CT molecular complexity index is 666. The van der Waals surface area contributed by atoms with Crippen LogP contribution < -0.4 is 11.1 Å². The number of anilines is 2. The molecule has 6 heteroatoms. The van der Waals surface area contributed by atoms with Crippen LogP contribution in [0.5, 0.6) is 0 Å². The van der Waals surface area contributed by atoms with Crippen LogP contribution in [0.25, 0.3) is 0 Å². The molecule has 0 aliphatic rings. The number of nitrogens with two attached hydrogens (primary N) is 1. The molecule has 1 aromatic carbocycles. The second-order valence-electron chi connectivity index (χ2n) is 4.97. The van der Waals surface area contributed by atoms with Crippen LogP contribution in [0.1, 0.15) is 35.8 Å². The van der Waals surface area contributed by atoms with Crippen LogP contribution in [0.2, 0.25) is 0 Å². The Balaban J connectivity index is 2.28. The smallest absolute Gasteiger partial charge is 0.255 e. The third kappa shape index (κ3) is 3.75. The SMILES string of the molecule is CC(C)c1cc(C(=O)Nc2cc(F)cc(F)c2)cc(N)n1. The van der Waals surface area contributed by atoms with Crippen LogP contribution in [0, 0.1) is 11.6 Å². The Morgan fingerprint density at radius 1 is 1.14 bits per heavy atom. The Hall–Kier alpha value is -2.50. The van der Waals surface area contributed by atoms with Gasteiger partial charge < -0.3 is 11.1 Å². The van der Waals surface area contributed by atoms with Crippen LogP contribution in [-0.2, 0) is 0 Å². The number of halogens is 2. The monoisotopic (exact) mass is 291 g/mol. The first-order valence-electron chi connectivity index (χ1n) is 6.40. The first-order valence-corrected chi connectivity index (χ1v) is 6.40. The van der Waals surface area contributed by atoms with Gasteiger partial charge in [0.15, 0.2) is 0 Å². The summed E-state index contributed by atoms with van der Waals surface area (Å²) in [5.74, 6) is -1.70. The number of amides is 1. The molecular weight excluding hydrogens is 276 g/mol. The Morgan fingerprint density at radius 2 is 1.76 bits per heavy atom. The highest BCUT2D eigenvalue weighted by molar-refractivity contribution is 6.04. The van der Waals surface area contributed by atoms with Crippen molar-refractivity contribution in [1.29, 1.82) is 0 Å². The summed E-state index contributed by atoms with van der Waals surface area (Å²) >= 11 is 0. The number of benzene rings is 1. The minimum Gasteiger partial charge on any atom is -0.384 e. The summed E-state index contributed by atoms with van der Waals surface area (Å²) in [5, 5.41) is 2.43. The van der Waals surface area contributed by atoms with Gasteiger partial charge >= 0.3 is 0 Å². The van der Waals surface area contributed by atoms with Crippen LogP contribution in [0.15, 0.2) is 30.3 Å². The summed E-state index contributed by atoms with van der Waals surface area (Å²) in [4.78, 5) is 16.3. The molecule has 2 aromatic rings. The highest BCUT2D eigenvalue weighted by Gasteiger charge is 2.12. The molecule has 1 aromatic heterocycles. The predicted molar refractivity (Wildman–Crippen MR) is 77.0 cm³/mol. The van der Waals surface area contributed by atoms with E-state index >= 15 is 0 Å². The zero-order valence-electron chi connectivity index (χ0n) is 11.7. The maximum Gasteiger partial charge on any atom is 0.255 e. The van der Waals surface area contributed by atoms with Gasteiger partial charge in [-0.05, 0) is 30.2 Å². The van der Waals surface area contributed by atoms with Crippen molar-refractivity contribution in [1.82, 2.24) is 4.98 Å². The molecular formula is C15H15F2N3O. The highest BCUT2D eigenvalue weighted by Crippen LogP contribution is 2.18. The highest BCUT2D eigenvalue weighted by atomic mass is 19.1. The third-order valence-electron chi connectivity index (χ3n) is 2.84. The summed E-state index contributed by atoms with van der Waals surface area (Å²) in [6, 6.07) is 5.82. The molecule has 3 N–H and O–H groups in total. The van der Waals surface area contributed by atoms with Gasteiger partial charge in [-0.2, -0.15) is 0 Å². The molecule has 1 heterocycles. The van der Waals surface area contributed by atoms with Crippen molar-refractivity contribution in [3.05, 3.63) is 53.2 Å². The van der Waals surface area contributed by atoms with Gasteiger partial charge in [0.25, 0.3) is 5.91 Å². The number of aromatic nitrogens is 1. The zero-order chi connectivity index (χ0) is 15.6. The number of hydrogen-bond acceptors (Lipinski definition) is 3. The fourth-order valence-electron chi connectivity index (χ4n) is 1.83. The van der Waals surface area contributed by atoms with E-state index in [1.807, 2.05) is 13.8 Å². The van der Waals surface area contributed by atoms with E-state index in [9.17, 15) is 13.6 Å². The molecule has 110 valence electrons.